The number of hydrogen-bond acceptors (Lipinski definition) is 1. The third-order valence-corrected chi connectivity index (χ3v) is 5.02. The maximum absolute atomic E-state index is 10.2. The SMILES string of the molecule is CC1=C2C[C@H](C(C)(C)O)CC[C@]2(C)CCC1. The van der Waals surface area contributed by atoms with Crippen molar-refractivity contribution in [1.29, 1.82) is 0 Å². The fourth-order valence-corrected chi connectivity index (χ4v) is 3.70. The monoisotopic (exact) mass is 222 g/mol. The molecule has 0 heterocycles. The normalized spacial score (nSPS) is 36.2. The average Bonchev–Trinajstić information content (AvgIpc) is 2.15. The highest BCUT2D eigenvalue weighted by atomic mass is 16.3. The van der Waals surface area contributed by atoms with E-state index in [0.717, 1.165) is 6.42 Å². The maximum Gasteiger partial charge on any atom is 0.0622 e. The fourth-order valence-electron chi connectivity index (χ4n) is 3.70. The summed E-state index contributed by atoms with van der Waals surface area (Å²) < 4.78 is 0. The molecule has 0 aromatic rings. The first kappa shape index (κ1) is 12.2. The van der Waals surface area contributed by atoms with Crippen molar-refractivity contribution in [2.75, 3.05) is 0 Å². The van der Waals surface area contributed by atoms with Gasteiger partial charge in [0.25, 0.3) is 0 Å². The zero-order valence-electron chi connectivity index (χ0n) is 11.3. The summed E-state index contributed by atoms with van der Waals surface area (Å²) in [6, 6.07) is 0. The van der Waals surface area contributed by atoms with Crippen molar-refractivity contribution in [3.8, 4) is 0 Å². The van der Waals surface area contributed by atoms with Crippen molar-refractivity contribution < 1.29 is 5.11 Å². The molecule has 2 rings (SSSR count). The molecule has 16 heavy (non-hydrogen) atoms. The molecule has 0 aliphatic heterocycles. The highest BCUT2D eigenvalue weighted by molar-refractivity contribution is 5.26. The molecule has 1 saturated carbocycles. The smallest absolute Gasteiger partial charge is 0.0622 e. The Labute approximate surface area is 99.9 Å². The summed E-state index contributed by atoms with van der Waals surface area (Å²) in [5.74, 6) is 0.462. The third-order valence-electron chi connectivity index (χ3n) is 5.02. The van der Waals surface area contributed by atoms with Crippen LogP contribution in [0.25, 0.3) is 0 Å². The second-order valence-electron chi connectivity index (χ2n) is 6.77. The van der Waals surface area contributed by atoms with Crippen molar-refractivity contribution in [2.45, 2.75) is 71.8 Å². The van der Waals surface area contributed by atoms with Crippen molar-refractivity contribution >= 4 is 0 Å². The molecule has 1 heteroatoms. The molecule has 1 fully saturated rings. The van der Waals surface area contributed by atoms with E-state index in [-0.39, 0.29) is 0 Å². The number of aliphatic hydroxyl groups is 1. The van der Waals surface area contributed by atoms with E-state index >= 15 is 0 Å². The van der Waals surface area contributed by atoms with E-state index in [1.165, 1.54) is 32.1 Å². The third kappa shape index (κ3) is 2.07. The van der Waals surface area contributed by atoms with Crippen LogP contribution in [0.1, 0.15) is 66.2 Å². The van der Waals surface area contributed by atoms with Gasteiger partial charge in [-0.2, -0.15) is 0 Å². The van der Waals surface area contributed by atoms with Crippen LogP contribution < -0.4 is 0 Å². The van der Waals surface area contributed by atoms with Gasteiger partial charge in [0.05, 0.1) is 5.60 Å². The molecule has 0 unspecified atom stereocenters. The summed E-state index contributed by atoms with van der Waals surface area (Å²) in [6.45, 7) is 8.68. The topological polar surface area (TPSA) is 20.2 Å². The Balaban J connectivity index is 2.25. The maximum atomic E-state index is 10.2. The quantitative estimate of drug-likeness (QED) is 0.663. The molecule has 0 bridgehead atoms. The average molecular weight is 222 g/mol. The van der Waals surface area contributed by atoms with Crippen LogP contribution in [0, 0.1) is 11.3 Å². The zero-order chi connectivity index (χ0) is 12.0. The van der Waals surface area contributed by atoms with Crippen LogP contribution in [-0.4, -0.2) is 10.7 Å². The number of hydrogen-bond donors (Lipinski definition) is 1. The lowest BCUT2D eigenvalue weighted by molar-refractivity contribution is -0.00453. The van der Waals surface area contributed by atoms with Gasteiger partial charge in [0.1, 0.15) is 0 Å². The van der Waals surface area contributed by atoms with Crippen molar-refractivity contribution in [2.24, 2.45) is 11.3 Å². The summed E-state index contributed by atoms with van der Waals surface area (Å²) >= 11 is 0. The standard InChI is InChI=1S/C15H26O/c1-11-6-5-8-15(4)9-7-12(10-13(11)15)14(2,3)16/h12,16H,5-10H2,1-4H3/t12-,15+/m1/s1. The summed E-state index contributed by atoms with van der Waals surface area (Å²) in [7, 11) is 0. The van der Waals surface area contributed by atoms with Crippen molar-refractivity contribution in [3.63, 3.8) is 0 Å². The molecular formula is C15H26O. The Hall–Kier alpha value is -0.300. The van der Waals surface area contributed by atoms with Gasteiger partial charge in [-0.25, -0.2) is 0 Å². The van der Waals surface area contributed by atoms with E-state index in [0.29, 0.717) is 11.3 Å². The van der Waals surface area contributed by atoms with Crippen LogP contribution in [0.4, 0.5) is 0 Å². The lowest BCUT2D eigenvalue weighted by atomic mass is 9.60. The molecule has 2 atom stereocenters. The molecule has 0 aromatic carbocycles. The molecule has 0 spiro atoms. The zero-order valence-corrected chi connectivity index (χ0v) is 11.3. The van der Waals surface area contributed by atoms with Crippen LogP contribution in [0.3, 0.4) is 0 Å². The molecule has 0 amide bonds. The molecule has 0 radical (unpaired) electrons. The van der Waals surface area contributed by atoms with E-state index < -0.39 is 5.60 Å². The second-order valence-corrected chi connectivity index (χ2v) is 6.77. The van der Waals surface area contributed by atoms with Crippen LogP contribution in [0.5, 0.6) is 0 Å². The summed E-state index contributed by atoms with van der Waals surface area (Å²) in [5, 5.41) is 10.2. The fraction of sp³-hybridized carbons (Fsp3) is 0.867. The van der Waals surface area contributed by atoms with Gasteiger partial charge in [-0.15, -0.1) is 0 Å². The van der Waals surface area contributed by atoms with E-state index in [4.69, 9.17) is 0 Å². The highest BCUT2D eigenvalue weighted by Crippen LogP contribution is 2.52. The Morgan fingerprint density at radius 2 is 2.00 bits per heavy atom. The van der Waals surface area contributed by atoms with Crippen LogP contribution in [0.2, 0.25) is 0 Å². The summed E-state index contributed by atoms with van der Waals surface area (Å²) in [4.78, 5) is 0. The molecule has 92 valence electrons. The van der Waals surface area contributed by atoms with Gasteiger partial charge in [-0.3, -0.25) is 0 Å². The Kier molecular flexibility index (Phi) is 2.94. The minimum absolute atomic E-state index is 0.462. The first-order valence-electron chi connectivity index (χ1n) is 6.74. The van der Waals surface area contributed by atoms with E-state index in [2.05, 4.69) is 13.8 Å². The van der Waals surface area contributed by atoms with Gasteiger partial charge in [-0.05, 0) is 70.6 Å². The summed E-state index contributed by atoms with van der Waals surface area (Å²) in [6.07, 6.45) is 7.59. The Morgan fingerprint density at radius 1 is 1.31 bits per heavy atom. The lowest BCUT2D eigenvalue weighted by Crippen LogP contribution is -2.39. The molecule has 0 aromatic heterocycles. The van der Waals surface area contributed by atoms with Gasteiger partial charge < -0.3 is 5.11 Å². The van der Waals surface area contributed by atoms with Gasteiger partial charge in [0, 0.05) is 0 Å². The molecule has 0 saturated heterocycles. The predicted molar refractivity (Wildman–Crippen MR) is 68.3 cm³/mol. The predicted octanol–water partition coefficient (Wildman–Crippen LogP) is 4.06. The molecule has 2 aliphatic carbocycles. The minimum Gasteiger partial charge on any atom is -0.390 e. The van der Waals surface area contributed by atoms with Crippen molar-refractivity contribution in [3.05, 3.63) is 11.1 Å². The Bertz CT molecular complexity index is 308. The highest BCUT2D eigenvalue weighted by Gasteiger charge is 2.41. The van der Waals surface area contributed by atoms with E-state index in [1.54, 1.807) is 11.1 Å². The van der Waals surface area contributed by atoms with E-state index in [1.807, 2.05) is 13.8 Å². The van der Waals surface area contributed by atoms with Gasteiger partial charge in [-0.1, -0.05) is 18.1 Å². The molecule has 2 aliphatic rings. The first-order chi connectivity index (χ1) is 7.33. The first-order valence-corrected chi connectivity index (χ1v) is 6.74. The van der Waals surface area contributed by atoms with E-state index in [9.17, 15) is 5.11 Å². The van der Waals surface area contributed by atoms with Crippen LogP contribution in [-0.2, 0) is 0 Å². The lowest BCUT2D eigenvalue weighted by Gasteiger charge is -2.46. The van der Waals surface area contributed by atoms with Gasteiger partial charge in [0.2, 0.25) is 0 Å². The van der Waals surface area contributed by atoms with Crippen LogP contribution in [0.15, 0.2) is 11.1 Å². The largest absolute Gasteiger partial charge is 0.390 e. The number of allylic oxidation sites excluding steroid dienone is 2. The van der Waals surface area contributed by atoms with Crippen molar-refractivity contribution in [1.82, 2.24) is 0 Å². The number of fused-ring (bicyclic) bond motifs is 1. The minimum atomic E-state index is -0.508. The van der Waals surface area contributed by atoms with Gasteiger partial charge in [0.15, 0.2) is 0 Å². The van der Waals surface area contributed by atoms with Gasteiger partial charge >= 0.3 is 0 Å². The molecular weight excluding hydrogens is 196 g/mol. The van der Waals surface area contributed by atoms with Crippen LogP contribution >= 0.6 is 0 Å². The summed E-state index contributed by atoms with van der Waals surface area (Å²) in [5.41, 5.74) is 3.25. The molecule has 1 N–H and O–H groups in total. The second kappa shape index (κ2) is 3.87. The Morgan fingerprint density at radius 3 is 2.62 bits per heavy atom. The number of rotatable bonds is 1. The molecule has 1 nitrogen and oxygen atoms in total.